The average molecular weight is 300 g/mol. The number of aromatic hydroxyl groups is 2. The molecule has 4 nitrogen and oxygen atoms in total. The molecule has 0 fully saturated rings. The van der Waals surface area contributed by atoms with E-state index >= 15 is 0 Å². The molecule has 2 N–H and O–H groups in total. The Bertz CT molecular complexity index is 641. The molecule has 2 aromatic carbocycles. The fraction of sp³-hybridized carbons (Fsp3) is 0.222. The summed E-state index contributed by atoms with van der Waals surface area (Å²) in [6.45, 7) is 7.12. The van der Waals surface area contributed by atoms with E-state index in [-0.39, 0.29) is 11.5 Å². The van der Waals surface area contributed by atoms with Gasteiger partial charge in [0, 0.05) is 0 Å². The monoisotopic (exact) mass is 300 g/mol. The number of hydrogen-bond donors (Lipinski definition) is 2. The van der Waals surface area contributed by atoms with Crippen LogP contribution in [0.1, 0.15) is 43.0 Å². The first-order valence-electron chi connectivity index (χ1n) is 6.82. The molecule has 0 amide bonds. The molecule has 0 bridgehead atoms. The van der Waals surface area contributed by atoms with Crippen LogP contribution in [0.4, 0.5) is 0 Å². The molecule has 116 valence electrons. The minimum Gasteiger partial charge on any atom is -0.507 e. The van der Waals surface area contributed by atoms with E-state index in [2.05, 4.69) is 0 Å². The quantitative estimate of drug-likeness (QED) is 0.830. The van der Waals surface area contributed by atoms with Crippen LogP contribution in [0.25, 0.3) is 0 Å². The molecule has 2 rings (SSSR count). The predicted octanol–water partition coefficient (Wildman–Crippen LogP) is 3.64. The van der Waals surface area contributed by atoms with Crippen molar-refractivity contribution in [1.29, 1.82) is 0 Å². The van der Waals surface area contributed by atoms with Crippen molar-refractivity contribution in [3.05, 3.63) is 57.6 Å². The Kier molecular flexibility index (Phi) is 5.87. The molecule has 2 aromatic rings. The fourth-order valence-electron chi connectivity index (χ4n) is 1.93. The summed E-state index contributed by atoms with van der Waals surface area (Å²) < 4.78 is 0. The second-order valence-electron chi connectivity index (χ2n) is 5.16. The number of benzene rings is 2. The maximum Gasteiger partial charge on any atom is 0.154 e. The van der Waals surface area contributed by atoms with Crippen LogP contribution >= 0.6 is 0 Å². The molecule has 0 aliphatic heterocycles. The second-order valence-corrected chi connectivity index (χ2v) is 5.16. The number of carbonyl (C=O) groups is 2. The van der Waals surface area contributed by atoms with Crippen molar-refractivity contribution in [2.75, 3.05) is 0 Å². The van der Waals surface area contributed by atoms with Gasteiger partial charge in [-0.25, -0.2) is 0 Å². The standard InChI is InChI=1S/2C9H10O2/c2*1-6-3-4-7(2)9(11)8(6)5-10/h2*3-5,11H,1-2H3. The fourth-order valence-corrected chi connectivity index (χ4v) is 1.93. The molecule has 0 spiro atoms. The number of carbonyl (C=O) groups excluding carboxylic acids is 2. The number of phenols is 2. The van der Waals surface area contributed by atoms with E-state index in [4.69, 9.17) is 0 Å². The van der Waals surface area contributed by atoms with Crippen LogP contribution in [0, 0.1) is 27.7 Å². The van der Waals surface area contributed by atoms with Crippen molar-refractivity contribution in [2.45, 2.75) is 27.7 Å². The molecule has 0 aliphatic carbocycles. The highest BCUT2D eigenvalue weighted by atomic mass is 16.3. The molecule has 0 radical (unpaired) electrons. The summed E-state index contributed by atoms with van der Waals surface area (Å²) in [5.41, 5.74) is 3.87. The summed E-state index contributed by atoms with van der Waals surface area (Å²) in [7, 11) is 0. The molecule has 0 atom stereocenters. The van der Waals surface area contributed by atoms with Gasteiger partial charge in [0.15, 0.2) is 12.6 Å². The molecule has 0 unspecified atom stereocenters. The highest BCUT2D eigenvalue weighted by Crippen LogP contribution is 2.23. The van der Waals surface area contributed by atoms with E-state index in [0.717, 1.165) is 22.3 Å². The van der Waals surface area contributed by atoms with E-state index in [9.17, 15) is 19.8 Å². The van der Waals surface area contributed by atoms with Gasteiger partial charge in [-0.15, -0.1) is 0 Å². The molecular formula is C18H20O4. The van der Waals surface area contributed by atoms with Gasteiger partial charge in [0.25, 0.3) is 0 Å². The SMILES string of the molecule is Cc1ccc(C)c(C=O)c1O.Cc1ccc(C)c(C=O)c1O. The normalized spacial score (nSPS) is 9.64. The van der Waals surface area contributed by atoms with Gasteiger partial charge in [-0.2, -0.15) is 0 Å². The van der Waals surface area contributed by atoms with Gasteiger partial charge >= 0.3 is 0 Å². The van der Waals surface area contributed by atoms with Crippen LogP contribution in [-0.2, 0) is 0 Å². The maximum absolute atomic E-state index is 10.4. The van der Waals surface area contributed by atoms with Crippen molar-refractivity contribution in [3.63, 3.8) is 0 Å². The Balaban J connectivity index is 0.000000220. The van der Waals surface area contributed by atoms with Gasteiger partial charge < -0.3 is 10.2 Å². The van der Waals surface area contributed by atoms with Crippen molar-refractivity contribution < 1.29 is 19.8 Å². The largest absolute Gasteiger partial charge is 0.507 e. The summed E-state index contributed by atoms with van der Waals surface area (Å²) in [6.07, 6.45) is 1.36. The lowest BCUT2D eigenvalue weighted by atomic mass is 10.1. The summed E-state index contributed by atoms with van der Waals surface area (Å²) in [5, 5.41) is 18.7. The van der Waals surface area contributed by atoms with Gasteiger partial charge in [0.2, 0.25) is 0 Å². The summed E-state index contributed by atoms with van der Waals surface area (Å²) in [6, 6.07) is 7.22. The Hall–Kier alpha value is -2.62. The third kappa shape index (κ3) is 3.73. The maximum atomic E-state index is 10.4. The highest BCUT2D eigenvalue weighted by Gasteiger charge is 2.05. The molecule has 0 aromatic heterocycles. The van der Waals surface area contributed by atoms with E-state index in [1.807, 2.05) is 12.1 Å². The lowest BCUT2D eigenvalue weighted by molar-refractivity contribution is 0.111. The lowest BCUT2D eigenvalue weighted by Gasteiger charge is -2.03. The van der Waals surface area contributed by atoms with Crippen molar-refractivity contribution in [2.24, 2.45) is 0 Å². The van der Waals surface area contributed by atoms with Gasteiger partial charge in [0.1, 0.15) is 11.5 Å². The number of rotatable bonds is 2. The van der Waals surface area contributed by atoms with Crippen molar-refractivity contribution >= 4 is 12.6 Å². The van der Waals surface area contributed by atoms with Crippen LogP contribution in [0.3, 0.4) is 0 Å². The lowest BCUT2D eigenvalue weighted by Crippen LogP contribution is -1.88. The van der Waals surface area contributed by atoms with E-state index in [0.29, 0.717) is 23.7 Å². The first-order valence-corrected chi connectivity index (χ1v) is 6.82. The molecule has 0 heterocycles. The number of aldehydes is 2. The zero-order valence-corrected chi connectivity index (χ0v) is 13.2. The number of hydrogen-bond acceptors (Lipinski definition) is 4. The van der Waals surface area contributed by atoms with Gasteiger partial charge in [-0.1, -0.05) is 24.3 Å². The Morgan fingerprint density at radius 1 is 0.636 bits per heavy atom. The van der Waals surface area contributed by atoms with Crippen LogP contribution in [0.5, 0.6) is 11.5 Å². The average Bonchev–Trinajstić information content (AvgIpc) is 2.49. The van der Waals surface area contributed by atoms with E-state index in [1.165, 1.54) is 0 Å². The predicted molar refractivity (Wildman–Crippen MR) is 85.9 cm³/mol. The third-order valence-corrected chi connectivity index (χ3v) is 3.51. The molecular weight excluding hydrogens is 280 g/mol. The first kappa shape index (κ1) is 17.4. The van der Waals surface area contributed by atoms with Crippen LogP contribution in [0.2, 0.25) is 0 Å². The zero-order chi connectivity index (χ0) is 16.9. The van der Waals surface area contributed by atoms with Crippen molar-refractivity contribution in [3.8, 4) is 11.5 Å². The highest BCUT2D eigenvalue weighted by molar-refractivity contribution is 5.82. The minimum absolute atomic E-state index is 0.0972. The van der Waals surface area contributed by atoms with Crippen LogP contribution < -0.4 is 0 Å². The van der Waals surface area contributed by atoms with E-state index in [1.54, 1.807) is 39.8 Å². The minimum atomic E-state index is 0.0972. The van der Waals surface area contributed by atoms with Crippen molar-refractivity contribution in [1.82, 2.24) is 0 Å². The van der Waals surface area contributed by atoms with Crippen LogP contribution in [-0.4, -0.2) is 22.8 Å². The molecule has 0 saturated heterocycles. The zero-order valence-electron chi connectivity index (χ0n) is 13.2. The van der Waals surface area contributed by atoms with E-state index < -0.39 is 0 Å². The molecule has 0 aliphatic rings. The topological polar surface area (TPSA) is 74.6 Å². The van der Waals surface area contributed by atoms with Gasteiger partial charge in [-0.05, 0) is 49.9 Å². The third-order valence-electron chi connectivity index (χ3n) is 3.51. The smallest absolute Gasteiger partial charge is 0.154 e. The van der Waals surface area contributed by atoms with Crippen LogP contribution in [0.15, 0.2) is 24.3 Å². The van der Waals surface area contributed by atoms with Gasteiger partial charge in [0.05, 0.1) is 11.1 Å². The molecule has 0 saturated carbocycles. The number of phenolic OH excluding ortho intramolecular Hbond substituents is 2. The Morgan fingerprint density at radius 3 is 1.14 bits per heavy atom. The summed E-state index contributed by atoms with van der Waals surface area (Å²) in [5.74, 6) is 0.194. The molecule has 22 heavy (non-hydrogen) atoms. The number of aryl methyl sites for hydroxylation is 4. The molecule has 4 heteroatoms. The summed E-state index contributed by atoms with van der Waals surface area (Å²) in [4.78, 5) is 20.9. The second kappa shape index (κ2) is 7.41. The van der Waals surface area contributed by atoms with Gasteiger partial charge in [-0.3, -0.25) is 9.59 Å². The Labute approximate surface area is 130 Å². The Morgan fingerprint density at radius 2 is 0.909 bits per heavy atom. The summed E-state index contributed by atoms with van der Waals surface area (Å²) >= 11 is 0. The first-order chi connectivity index (χ1) is 10.3.